The van der Waals surface area contributed by atoms with Crippen molar-refractivity contribution in [3.63, 3.8) is 0 Å². The third-order valence-electron chi connectivity index (χ3n) is 4.00. The zero-order valence-corrected chi connectivity index (χ0v) is 16.0. The molecule has 142 valence electrons. The summed E-state index contributed by atoms with van der Waals surface area (Å²) in [6.45, 7) is 0.195. The lowest BCUT2D eigenvalue weighted by Crippen LogP contribution is -2.19. The van der Waals surface area contributed by atoms with Gasteiger partial charge in [-0.3, -0.25) is 4.79 Å². The zero-order valence-electron chi connectivity index (χ0n) is 14.4. The van der Waals surface area contributed by atoms with Gasteiger partial charge in [-0.15, -0.1) is 0 Å². The van der Waals surface area contributed by atoms with Crippen LogP contribution in [-0.2, 0) is 11.2 Å². The predicted molar refractivity (Wildman–Crippen MR) is 106 cm³/mol. The molecule has 2 heterocycles. The summed E-state index contributed by atoms with van der Waals surface area (Å²) in [5, 5.41) is 5.01. The average molecular weight is 417 g/mol. The fourth-order valence-electron chi connectivity index (χ4n) is 2.70. The number of hydrogen-bond donors (Lipinski definition) is 1. The van der Waals surface area contributed by atoms with Crippen molar-refractivity contribution in [2.24, 2.45) is 5.10 Å². The van der Waals surface area contributed by atoms with Gasteiger partial charge in [0.15, 0.2) is 11.5 Å². The highest BCUT2D eigenvalue weighted by Crippen LogP contribution is 2.33. The van der Waals surface area contributed by atoms with Crippen molar-refractivity contribution in [3.05, 3.63) is 69.9 Å². The van der Waals surface area contributed by atoms with Gasteiger partial charge in [0.2, 0.25) is 12.7 Å². The van der Waals surface area contributed by atoms with Crippen LogP contribution in [0, 0.1) is 0 Å². The Kier molecular flexibility index (Phi) is 5.23. The van der Waals surface area contributed by atoms with Gasteiger partial charge in [-0.25, -0.2) is 5.43 Å². The van der Waals surface area contributed by atoms with Gasteiger partial charge in [0.05, 0.1) is 17.7 Å². The van der Waals surface area contributed by atoms with E-state index in [1.54, 1.807) is 42.5 Å². The van der Waals surface area contributed by atoms with E-state index in [1.165, 1.54) is 6.21 Å². The molecular formula is C20H14Cl2N2O4. The molecule has 2 aromatic carbocycles. The van der Waals surface area contributed by atoms with E-state index >= 15 is 0 Å². The summed E-state index contributed by atoms with van der Waals surface area (Å²) in [7, 11) is 0. The monoisotopic (exact) mass is 416 g/mol. The number of nitrogens with zero attached hydrogens (tertiary/aromatic N) is 1. The molecule has 0 fully saturated rings. The van der Waals surface area contributed by atoms with Crippen molar-refractivity contribution in [1.82, 2.24) is 5.43 Å². The number of amides is 1. The summed E-state index contributed by atoms with van der Waals surface area (Å²) in [6.07, 6.45) is 1.58. The normalized spacial score (nSPS) is 12.5. The Labute approximate surface area is 170 Å². The first-order chi connectivity index (χ1) is 13.6. The molecule has 28 heavy (non-hydrogen) atoms. The van der Waals surface area contributed by atoms with Crippen LogP contribution in [0.3, 0.4) is 0 Å². The molecule has 1 aromatic heterocycles. The molecule has 3 aromatic rings. The quantitative estimate of drug-likeness (QED) is 0.484. The standard InChI is InChI=1S/C20H14Cl2N2O4/c21-13-2-4-16(22)15(9-13)17-6-3-14(28-17)10-23-24-20(25)8-12-1-5-18-19(7-12)27-11-26-18/h1-7,9-10H,8,11H2,(H,24,25)/b23-10-. The number of furan rings is 1. The van der Waals surface area contributed by atoms with Gasteiger partial charge in [0.25, 0.3) is 0 Å². The van der Waals surface area contributed by atoms with E-state index in [0.29, 0.717) is 38.6 Å². The van der Waals surface area contributed by atoms with Gasteiger partial charge < -0.3 is 13.9 Å². The number of carbonyl (C=O) groups is 1. The Hall–Kier alpha value is -2.96. The van der Waals surface area contributed by atoms with E-state index in [2.05, 4.69) is 10.5 Å². The van der Waals surface area contributed by atoms with Crippen molar-refractivity contribution in [3.8, 4) is 22.8 Å². The van der Waals surface area contributed by atoms with E-state index in [0.717, 1.165) is 5.56 Å². The SMILES string of the molecule is O=C(Cc1ccc2c(c1)OCO2)N/N=C\c1ccc(-c2cc(Cl)ccc2Cl)o1. The highest BCUT2D eigenvalue weighted by molar-refractivity contribution is 6.35. The van der Waals surface area contributed by atoms with Crippen LogP contribution in [0.2, 0.25) is 10.0 Å². The minimum absolute atomic E-state index is 0.162. The Balaban J connectivity index is 1.37. The highest BCUT2D eigenvalue weighted by atomic mass is 35.5. The van der Waals surface area contributed by atoms with Gasteiger partial charge >= 0.3 is 0 Å². The molecule has 0 bridgehead atoms. The van der Waals surface area contributed by atoms with Crippen LogP contribution in [0.1, 0.15) is 11.3 Å². The molecule has 1 aliphatic rings. The number of halogens is 2. The van der Waals surface area contributed by atoms with Gasteiger partial charge in [0.1, 0.15) is 11.5 Å². The van der Waals surface area contributed by atoms with Crippen LogP contribution in [0.4, 0.5) is 0 Å². The van der Waals surface area contributed by atoms with E-state index in [9.17, 15) is 4.79 Å². The van der Waals surface area contributed by atoms with Crippen molar-refractivity contribution in [2.45, 2.75) is 6.42 Å². The summed E-state index contributed by atoms with van der Waals surface area (Å²) in [6, 6.07) is 14.0. The van der Waals surface area contributed by atoms with Crippen molar-refractivity contribution in [2.75, 3.05) is 6.79 Å². The van der Waals surface area contributed by atoms with E-state index < -0.39 is 0 Å². The number of ether oxygens (including phenoxy) is 2. The van der Waals surface area contributed by atoms with Gasteiger partial charge in [-0.1, -0.05) is 29.3 Å². The summed E-state index contributed by atoms with van der Waals surface area (Å²) >= 11 is 12.2. The predicted octanol–water partition coefficient (Wildman–Crippen LogP) is 4.67. The molecular weight excluding hydrogens is 403 g/mol. The largest absolute Gasteiger partial charge is 0.455 e. The van der Waals surface area contributed by atoms with Crippen LogP contribution in [0.25, 0.3) is 11.3 Å². The summed E-state index contributed by atoms with van der Waals surface area (Å²) in [5.41, 5.74) is 3.95. The van der Waals surface area contributed by atoms with Crippen molar-refractivity contribution in [1.29, 1.82) is 0 Å². The molecule has 1 amide bonds. The molecule has 0 radical (unpaired) electrons. The number of hydrazone groups is 1. The highest BCUT2D eigenvalue weighted by Gasteiger charge is 2.14. The first-order valence-corrected chi connectivity index (χ1v) is 9.10. The van der Waals surface area contributed by atoms with Crippen LogP contribution in [0.15, 0.2) is 58.0 Å². The van der Waals surface area contributed by atoms with E-state index in [4.69, 9.17) is 37.1 Å². The smallest absolute Gasteiger partial charge is 0.244 e. The fourth-order valence-corrected chi connectivity index (χ4v) is 3.08. The second-order valence-electron chi connectivity index (χ2n) is 5.98. The fraction of sp³-hybridized carbons (Fsp3) is 0.100. The first-order valence-electron chi connectivity index (χ1n) is 8.34. The minimum atomic E-state index is -0.264. The maximum absolute atomic E-state index is 12.1. The first kappa shape index (κ1) is 18.4. The maximum atomic E-state index is 12.1. The number of nitrogens with one attached hydrogen (secondary N) is 1. The molecule has 0 unspecified atom stereocenters. The summed E-state index contributed by atoms with van der Waals surface area (Å²) in [4.78, 5) is 12.1. The lowest BCUT2D eigenvalue weighted by atomic mass is 10.1. The second kappa shape index (κ2) is 7.96. The van der Waals surface area contributed by atoms with Crippen molar-refractivity contribution >= 4 is 35.3 Å². The number of rotatable bonds is 5. The second-order valence-corrected chi connectivity index (χ2v) is 6.83. The zero-order chi connectivity index (χ0) is 19.5. The number of hydrogen-bond acceptors (Lipinski definition) is 5. The third kappa shape index (κ3) is 4.13. The average Bonchev–Trinajstić information content (AvgIpc) is 3.32. The van der Waals surface area contributed by atoms with Crippen LogP contribution in [-0.4, -0.2) is 18.9 Å². The third-order valence-corrected chi connectivity index (χ3v) is 4.57. The van der Waals surface area contributed by atoms with E-state index in [1.807, 2.05) is 6.07 Å². The number of benzene rings is 2. The van der Waals surface area contributed by atoms with E-state index in [-0.39, 0.29) is 19.1 Å². The molecule has 8 heteroatoms. The van der Waals surface area contributed by atoms with Gasteiger partial charge in [0, 0.05) is 10.6 Å². The molecule has 0 saturated heterocycles. The Morgan fingerprint density at radius 3 is 2.82 bits per heavy atom. The molecule has 6 nitrogen and oxygen atoms in total. The van der Waals surface area contributed by atoms with Crippen LogP contribution in [0.5, 0.6) is 11.5 Å². The van der Waals surface area contributed by atoms with Crippen molar-refractivity contribution < 1.29 is 18.7 Å². The van der Waals surface area contributed by atoms with Crippen LogP contribution < -0.4 is 14.9 Å². The molecule has 0 spiro atoms. The summed E-state index contributed by atoms with van der Waals surface area (Å²) < 4.78 is 16.2. The number of carbonyl (C=O) groups excluding carboxylic acids is 1. The van der Waals surface area contributed by atoms with Crippen LogP contribution >= 0.6 is 23.2 Å². The topological polar surface area (TPSA) is 73.1 Å². The molecule has 0 atom stereocenters. The molecule has 1 aliphatic heterocycles. The Morgan fingerprint density at radius 2 is 1.93 bits per heavy atom. The molecule has 1 N–H and O–H groups in total. The molecule has 0 saturated carbocycles. The molecule has 4 rings (SSSR count). The molecule has 0 aliphatic carbocycles. The minimum Gasteiger partial charge on any atom is -0.455 e. The van der Waals surface area contributed by atoms with Gasteiger partial charge in [-0.2, -0.15) is 5.10 Å². The lowest BCUT2D eigenvalue weighted by Gasteiger charge is -2.02. The maximum Gasteiger partial charge on any atom is 0.244 e. The Bertz CT molecular complexity index is 1060. The van der Waals surface area contributed by atoms with Gasteiger partial charge in [-0.05, 0) is 48.0 Å². The lowest BCUT2D eigenvalue weighted by molar-refractivity contribution is -0.120. The number of fused-ring (bicyclic) bond motifs is 1. The Morgan fingerprint density at radius 1 is 1.07 bits per heavy atom. The summed E-state index contributed by atoms with van der Waals surface area (Å²) in [5.74, 6) is 2.07.